The summed E-state index contributed by atoms with van der Waals surface area (Å²) in [6.45, 7) is 16.2. The second-order valence-corrected chi connectivity index (χ2v) is 12.0. The van der Waals surface area contributed by atoms with Gasteiger partial charge in [-0.3, -0.25) is 0 Å². The van der Waals surface area contributed by atoms with Crippen LogP contribution in [0.15, 0.2) is 0 Å². The zero-order valence-corrected chi connectivity index (χ0v) is 25.8. The van der Waals surface area contributed by atoms with Gasteiger partial charge < -0.3 is 4.48 Å². The summed E-state index contributed by atoms with van der Waals surface area (Å²) in [5.41, 5.74) is 0. The van der Waals surface area contributed by atoms with Crippen molar-refractivity contribution in [3.8, 4) is 0 Å². The average molecular weight is 495 g/mol. The number of nitrogens with zero attached hydrogens (tertiary/aromatic N) is 1. The molecule has 0 aliphatic carbocycles. The molecule has 0 rings (SSSR count). The summed E-state index contributed by atoms with van der Waals surface area (Å²) < 4.78 is 1.50. The van der Waals surface area contributed by atoms with E-state index < -0.39 is 0 Å². The lowest BCUT2D eigenvalue weighted by atomic mass is 9.94. The maximum Gasteiger partial charge on any atom is 0.0890 e. The molecule has 0 aromatic heterocycles. The van der Waals surface area contributed by atoms with Crippen LogP contribution in [-0.2, 0) is 0 Å². The molecule has 212 valence electrons. The van der Waals surface area contributed by atoms with Crippen molar-refractivity contribution in [2.45, 2.75) is 201 Å². The van der Waals surface area contributed by atoms with Gasteiger partial charge in [0.2, 0.25) is 0 Å². The molecule has 0 saturated heterocycles. The maximum atomic E-state index is 2.37. The second kappa shape index (κ2) is 27.0. The van der Waals surface area contributed by atoms with Gasteiger partial charge >= 0.3 is 0 Å². The van der Waals surface area contributed by atoms with E-state index in [9.17, 15) is 0 Å². The normalized spacial score (nSPS) is 12.9. The third-order valence-corrected chi connectivity index (χ3v) is 8.68. The minimum Gasteiger partial charge on any atom is -0.321 e. The van der Waals surface area contributed by atoms with Gasteiger partial charge in [-0.1, -0.05) is 131 Å². The van der Waals surface area contributed by atoms with Crippen molar-refractivity contribution in [2.24, 2.45) is 0 Å². The molecule has 1 unspecified atom stereocenters. The van der Waals surface area contributed by atoms with Gasteiger partial charge in [0.1, 0.15) is 0 Å². The summed E-state index contributed by atoms with van der Waals surface area (Å²) in [6.07, 6.45) is 36.1. The minimum absolute atomic E-state index is 0.937. The number of rotatable bonds is 29. The van der Waals surface area contributed by atoms with E-state index in [1.165, 1.54) is 185 Å². The van der Waals surface area contributed by atoms with Crippen molar-refractivity contribution < 1.29 is 4.48 Å². The minimum atomic E-state index is 0.937. The number of hydrogen-bond donors (Lipinski definition) is 0. The van der Waals surface area contributed by atoms with Gasteiger partial charge in [-0.15, -0.1) is 0 Å². The van der Waals surface area contributed by atoms with E-state index in [2.05, 4.69) is 34.6 Å². The highest BCUT2D eigenvalue weighted by atomic mass is 15.4. The van der Waals surface area contributed by atoms with E-state index >= 15 is 0 Å². The van der Waals surface area contributed by atoms with Crippen LogP contribution in [-0.4, -0.2) is 30.2 Å². The molecule has 1 nitrogen and oxygen atoms in total. The van der Waals surface area contributed by atoms with E-state index in [4.69, 9.17) is 0 Å². The molecular weight excluding hydrogens is 422 g/mol. The Morgan fingerprint density at radius 2 is 0.571 bits per heavy atom. The molecular formula is C34H72N+. The van der Waals surface area contributed by atoms with Crippen molar-refractivity contribution in [3.05, 3.63) is 0 Å². The molecule has 0 aromatic carbocycles. The maximum absolute atomic E-state index is 2.37. The monoisotopic (exact) mass is 495 g/mol. The van der Waals surface area contributed by atoms with Crippen molar-refractivity contribution in [3.63, 3.8) is 0 Å². The molecule has 0 N–H and O–H groups in total. The highest BCUT2D eigenvalue weighted by molar-refractivity contribution is 4.66. The van der Waals surface area contributed by atoms with Crippen molar-refractivity contribution >= 4 is 0 Å². The highest BCUT2D eigenvalue weighted by Crippen LogP contribution is 2.29. The molecule has 0 saturated carbocycles. The zero-order valence-electron chi connectivity index (χ0n) is 25.8. The van der Waals surface area contributed by atoms with Gasteiger partial charge in [-0.25, -0.2) is 0 Å². The Balaban J connectivity index is 5.39. The fourth-order valence-electron chi connectivity index (χ4n) is 6.28. The molecule has 35 heavy (non-hydrogen) atoms. The van der Waals surface area contributed by atoms with Crippen LogP contribution in [0.1, 0.15) is 195 Å². The predicted molar refractivity (Wildman–Crippen MR) is 162 cm³/mol. The summed E-state index contributed by atoms with van der Waals surface area (Å²) in [5, 5.41) is 0. The van der Waals surface area contributed by atoms with E-state index in [1.54, 1.807) is 0 Å². The van der Waals surface area contributed by atoms with Gasteiger partial charge in [0.25, 0.3) is 0 Å². The summed E-state index contributed by atoms with van der Waals surface area (Å²) in [7, 11) is 0. The quantitative estimate of drug-likeness (QED) is 0.0716. The first kappa shape index (κ1) is 35.0. The first-order valence-electron chi connectivity index (χ1n) is 17.1. The lowest BCUT2D eigenvalue weighted by molar-refractivity contribution is -0.952. The van der Waals surface area contributed by atoms with E-state index in [1.807, 2.05) is 0 Å². The third kappa shape index (κ3) is 19.7. The summed E-state index contributed by atoms with van der Waals surface area (Å²) >= 11 is 0. The summed E-state index contributed by atoms with van der Waals surface area (Å²) in [4.78, 5) is 0. The largest absolute Gasteiger partial charge is 0.321 e. The van der Waals surface area contributed by atoms with Gasteiger partial charge in [0.05, 0.1) is 25.7 Å². The van der Waals surface area contributed by atoms with Crippen molar-refractivity contribution in [2.75, 3.05) is 19.6 Å². The smallest absolute Gasteiger partial charge is 0.0890 e. The molecule has 0 aliphatic rings. The molecule has 1 heteroatoms. The molecule has 0 radical (unpaired) electrons. The first-order chi connectivity index (χ1) is 17.2. The standard InChI is InChI=1S/C34H72N/c1-6-11-16-21-22-23-25-30-34(29-24-17-12-7-2)35(31-26-18-13-8-3,32-27-19-14-9-4)33-28-20-15-10-5/h34H,6-33H2,1-5H3/q+1. The molecule has 0 aliphatic heterocycles. The second-order valence-electron chi connectivity index (χ2n) is 12.0. The van der Waals surface area contributed by atoms with Crippen LogP contribution in [0.25, 0.3) is 0 Å². The molecule has 1 atom stereocenters. The van der Waals surface area contributed by atoms with Gasteiger partial charge in [0.15, 0.2) is 0 Å². The number of unbranched alkanes of at least 4 members (excludes halogenated alkanes) is 18. The lowest BCUT2D eigenvalue weighted by Crippen LogP contribution is -2.57. The van der Waals surface area contributed by atoms with E-state index in [0.717, 1.165) is 6.04 Å². The van der Waals surface area contributed by atoms with Crippen LogP contribution >= 0.6 is 0 Å². The fraction of sp³-hybridized carbons (Fsp3) is 1.00. The Bertz CT molecular complexity index is 359. The summed E-state index contributed by atoms with van der Waals surface area (Å²) in [6, 6.07) is 0.937. The first-order valence-corrected chi connectivity index (χ1v) is 17.1. The number of hydrogen-bond acceptors (Lipinski definition) is 0. The van der Waals surface area contributed by atoms with Crippen LogP contribution < -0.4 is 0 Å². The van der Waals surface area contributed by atoms with Gasteiger partial charge in [0, 0.05) is 0 Å². The molecule has 0 fully saturated rings. The molecule has 0 heterocycles. The Kier molecular flexibility index (Phi) is 27.0. The average Bonchev–Trinajstić information content (AvgIpc) is 2.87. The summed E-state index contributed by atoms with van der Waals surface area (Å²) in [5.74, 6) is 0. The Morgan fingerprint density at radius 1 is 0.314 bits per heavy atom. The zero-order chi connectivity index (χ0) is 25.9. The van der Waals surface area contributed by atoms with E-state index in [-0.39, 0.29) is 0 Å². The Labute approximate surface area is 225 Å². The Hall–Kier alpha value is -0.0400. The molecule has 0 spiro atoms. The lowest BCUT2D eigenvalue weighted by Gasteiger charge is -2.46. The van der Waals surface area contributed by atoms with Crippen LogP contribution in [0.4, 0.5) is 0 Å². The Morgan fingerprint density at radius 3 is 0.914 bits per heavy atom. The van der Waals surface area contributed by atoms with Crippen molar-refractivity contribution in [1.82, 2.24) is 0 Å². The van der Waals surface area contributed by atoms with Gasteiger partial charge in [-0.2, -0.15) is 0 Å². The number of quaternary nitrogens is 1. The predicted octanol–water partition coefficient (Wildman–Crippen LogP) is 12.0. The molecule has 0 amide bonds. The SMILES string of the molecule is CCCCCCCCCC(CCCCCC)[N+](CCCCCC)(CCCCCC)CCCCCC. The van der Waals surface area contributed by atoms with Crippen molar-refractivity contribution in [1.29, 1.82) is 0 Å². The van der Waals surface area contributed by atoms with Crippen LogP contribution in [0, 0.1) is 0 Å². The molecule has 0 aromatic rings. The van der Waals surface area contributed by atoms with Gasteiger partial charge in [-0.05, 0) is 64.2 Å². The highest BCUT2D eigenvalue weighted by Gasteiger charge is 2.35. The van der Waals surface area contributed by atoms with Crippen LogP contribution in [0.5, 0.6) is 0 Å². The fourth-order valence-corrected chi connectivity index (χ4v) is 6.28. The van der Waals surface area contributed by atoms with Crippen LogP contribution in [0.3, 0.4) is 0 Å². The molecule has 0 bridgehead atoms. The topological polar surface area (TPSA) is 0 Å². The van der Waals surface area contributed by atoms with E-state index in [0.29, 0.717) is 0 Å². The van der Waals surface area contributed by atoms with Crippen LogP contribution in [0.2, 0.25) is 0 Å². The third-order valence-electron chi connectivity index (χ3n) is 8.68.